The van der Waals surface area contributed by atoms with Crippen LogP contribution in [0.15, 0.2) is 54.6 Å². The average molecular weight is 268 g/mol. The van der Waals surface area contributed by atoms with Crippen molar-refractivity contribution in [3.05, 3.63) is 75.8 Å². The maximum absolute atomic E-state index is 11.2. The largest absolute Gasteiger partial charge is 0.545 e. The standard InChI is InChI=1S/C15H11NO4/c17-15(18)14(12-6-2-1-3-7-12)10-11-5-4-8-13(9-11)16(19)20/h1-10H,(H,17,18)/p-1/b14-10-. The molecule has 2 aromatic rings. The van der Waals surface area contributed by atoms with Crippen LogP contribution in [0.25, 0.3) is 11.6 Å². The van der Waals surface area contributed by atoms with Gasteiger partial charge in [0.25, 0.3) is 5.69 Å². The lowest BCUT2D eigenvalue weighted by molar-refractivity contribution is -0.384. The maximum Gasteiger partial charge on any atom is 0.270 e. The minimum absolute atomic E-state index is 0.0221. The lowest BCUT2D eigenvalue weighted by atomic mass is 10.0. The van der Waals surface area contributed by atoms with Gasteiger partial charge in [-0.25, -0.2) is 0 Å². The average Bonchev–Trinajstić information content (AvgIpc) is 2.45. The van der Waals surface area contributed by atoms with Gasteiger partial charge >= 0.3 is 0 Å². The Morgan fingerprint density at radius 2 is 1.75 bits per heavy atom. The predicted molar refractivity (Wildman–Crippen MR) is 72.4 cm³/mol. The van der Waals surface area contributed by atoms with E-state index >= 15 is 0 Å². The van der Waals surface area contributed by atoms with Crippen LogP contribution in [0.3, 0.4) is 0 Å². The number of nitro groups is 1. The molecule has 0 amide bonds. The summed E-state index contributed by atoms with van der Waals surface area (Å²) < 4.78 is 0. The highest BCUT2D eigenvalue weighted by Gasteiger charge is 2.07. The fraction of sp³-hybridized carbons (Fsp3) is 0. The number of benzene rings is 2. The molecule has 0 aromatic heterocycles. The summed E-state index contributed by atoms with van der Waals surface area (Å²) in [7, 11) is 0. The molecule has 0 fully saturated rings. The summed E-state index contributed by atoms with van der Waals surface area (Å²) in [6, 6.07) is 14.2. The molecule has 5 nitrogen and oxygen atoms in total. The summed E-state index contributed by atoms with van der Waals surface area (Å²) in [4.78, 5) is 21.4. The second-order valence-corrected chi connectivity index (χ2v) is 4.06. The number of hydrogen-bond acceptors (Lipinski definition) is 4. The first-order valence-corrected chi connectivity index (χ1v) is 5.81. The minimum atomic E-state index is -1.33. The van der Waals surface area contributed by atoms with Gasteiger partial charge in [-0.1, -0.05) is 42.5 Å². The van der Waals surface area contributed by atoms with Gasteiger partial charge in [-0.05, 0) is 17.2 Å². The molecule has 0 N–H and O–H groups in total. The van der Waals surface area contributed by atoms with Crippen LogP contribution in [-0.4, -0.2) is 10.9 Å². The first-order valence-electron chi connectivity index (χ1n) is 5.81. The third-order valence-corrected chi connectivity index (χ3v) is 2.70. The van der Waals surface area contributed by atoms with Gasteiger partial charge < -0.3 is 9.90 Å². The van der Waals surface area contributed by atoms with E-state index in [0.29, 0.717) is 11.1 Å². The molecular formula is C15H10NO4-. The van der Waals surface area contributed by atoms with E-state index in [0.717, 1.165) is 0 Å². The van der Waals surface area contributed by atoms with Crippen LogP contribution in [0.4, 0.5) is 5.69 Å². The number of rotatable bonds is 4. The van der Waals surface area contributed by atoms with Gasteiger partial charge in [0.2, 0.25) is 0 Å². The van der Waals surface area contributed by atoms with Gasteiger partial charge in [-0.15, -0.1) is 0 Å². The number of nitrogens with zero attached hydrogens (tertiary/aromatic N) is 1. The summed E-state index contributed by atoms with van der Waals surface area (Å²) in [5.41, 5.74) is 0.803. The second-order valence-electron chi connectivity index (χ2n) is 4.06. The van der Waals surface area contributed by atoms with Crippen molar-refractivity contribution in [2.75, 3.05) is 0 Å². The molecule has 0 unspecified atom stereocenters. The van der Waals surface area contributed by atoms with E-state index in [1.165, 1.54) is 24.3 Å². The smallest absolute Gasteiger partial charge is 0.270 e. The molecule has 2 aromatic carbocycles. The van der Waals surface area contributed by atoms with E-state index in [-0.39, 0.29) is 11.3 Å². The predicted octanol–water partition coefficient (Wildman–Crippen LogP) is 1.89. The van der Waals surface area contributed by atoms with Crippen LogP contribution in [0.2, 0.25) is 0 Å². The molecule has 0 aliphatic rings. The molecule has 2 rings (SSSR count). The molecule has 0 bridgehead atoms. The second kappa shape index (κ2) is 5.79. The van der Waals surface area contributed by atoms with Gasteiger partial charge in [0.15, 0.2) is 0 Å². The number of hydrogen-bond donors (Lipinski definition) is 0. The van der Waals surface area contributed by atoms with E-state index < -0.39 is 10.9 Å². The van der Waals surface area contributed by atoms with Gasteiger partial charge in [-0.2, -0.15) is 0 Å². The highest BCUT2D eigenvalue weighted by Crippen LogP contribution is 2.20. The zero-order valence-electron chi connectivity index (χ0n) is 10.4. The van der Waals surface area contributed by atoms with Crippen molar-refractivity contribution in [3.8, 4) is 0 Å². The number of aliphatic carboxylic acids is 1. The fourth-order valence-corrected chi connectivity index (χ4v) is 1.77. The van der Waals surface area contributed by atoms with Gasteiger partial charge in [0.05, 0.1) is 10.9 Å². The van der Waals surface area contributed by atoms with Crippen LogP contribution in [0.5, 0.6) is 0 Å². The van der Waals surface area contributed by atoms with E-state index in [2.05, 4.69) is 0 Å². The van der Waals surface area contributed by atoms with Crippen molar-refractivity contribution >= 4 is 23.3 Å². The van der Waals surface area contributed by atoms with Gasteiger partial charge in [0.1, 0.15) is 0 Å². The number of nitro benzene ring substituents is 1. The number of carboxylic acids is 1. The molecule has 20 heavy (non-hydrogen) atoms. The van der Waals surface area contributed by atoms with E-state index in [1.54, 1.807) is 36.4 Å². The molecule has 100 valence electrons. The highest BCUT2D eigenvalue weighted by atomic mass is 16.6. The van der Waals surface area contributed by atoms with Crippen LogP contribution >= 0.6 is 0 Å². The molecule has 0 radical (unpaired) electrons. The molecule has 0 heterocycles. The maximum atomic E-state index is 11.2. The number of non-ortho nitro benzene ring substituents is 1. The lowest BCUT2D eigenvalue weighted by Gasteiger charge is -2.09. The Bertz CT molecular complexity index is 677. The quantitative estimate of drug-likeness (QED) is 0.367. The Balaban J connectivity index is 2.47. The zero-order chi connectivity index (χ0) is 14.5. The van der Waals surface area contributed by atoms with Crippen molar-refractivity contribution < 1.29 is 14.8 Å². The SMILES string of the molecule is O=C([O-])/C(=C\c1cccc([N+](=O)[O-])c1)c1ccccc1. The third-order valence-electron chi connectivity index (χ3n) is 2.70. The van der Waals surface area contributed by atoms with Crippen molar-refractivity contribution in [1.29, 1.82) is 0 Å². The van der Waals surface area contributed by atoms with Crippen molar-refractivity contribution in [1.82, 2.24) is 0 Å². The Labute approximate surface area is 115 Å². The Morgan fingerprint density at radius 3 is 2.35 bits per heavy atom. The molecule has 0 aliphatic heterocycles. The first-order chi connectivity index (χ1) is 9.58. The van der Waals surface area contributed by atoms with Gasteiger partial charge in [-0.3, -0.25) is 10.1 Å². The lowest BCUT2D eigenvalue weighted by Crippen LogP contribution is -2.23. The summed E-state index contributed by atoms with van der Waals surface area (Å²) in [6.45, 7) is 0. The molecule has 0 spiro atoms. The summed E-state index contributed by atoms with van der Waals surface area (Å²) >= 11 is 0. The molecule has 0 saturated carbocycles. The number of carboxylic acid groups (broad SMARTS) is 1. The first kappa shape index (κ1) is 13.5. The summed E-state index contributed by atoms with van der Waals surface area (Å²) in [6.07, 6.45) is 1.36. The normalized spacial score (nSPS) is 11.1. The molecule has 0 aliphatic carbocycles. The van der Waals surface area contributed by atoms with E-state index in [4.69, 9.17) is 0 Å². The van der Waals surface area contributed by atoms with Crippen molar-refractivity contribution in [3.63, 3.8) is 0 Å². The topological polar surface area (TPSA) is 83.3 Å². The Morgan fingerprint density at radius 1 is 1.05 bits per heavy atom. The molecule has 0 saturated heterocycles. The van der Waals surface area contributed by atoms with Gasteiger partial charge in [0, 0.05) is 17.7 Å². The number of carbonyl (C=O) groups is 1. The van der Waals surface area contributed by atoms with Crippen LogP contribution in [0.1, 0.15) is 11.1 Å². The van der Waals surface area contributed by atoms with Crippen molar-refractivity contribution in [2.24, 2.45) is 0 Å². The van der Waals surface area contributed by atoms with Crippen molar-refractivity contribution in [2.45, 2.75) is 0 Å². The fourth-order valence-electron chi connectivity index (χ4n) is 1.77. The van der Waals surface area contributed by atoms with Crippen LogP contribution < -0.4 is 5.11 Å². The highest BCUT2D eigenvalue weighted by molar-refractivity contribution is 6.19. The summed E-state index contributed by atoms with van der Waals surface area (Å²) in [5.74, 6) is -1.33. The minimum Gasteiger partial charge on any atom is -0.545 e. The Kier molecular flexibility index (Phi) is 3.91. The zero-order valence-corrected chi connectivity index (χ0v) is 10.4. The third kappa shape index (κ3) is 3.08. The van der Waals surface area contributed by atoms with Crippen LogP contribution in [-0.2, 0) is 4.79 Å². The van der Waals surface area contributed by atoms with E-state index in [9.17, 15) is 20.0 Å². The van der Waals surface area contributed by atoms with Crippen LogP contribution in [0, 0.1) is 10.1 Å². The molecular weight excluding hydrogens is 258 g/mol. The number of carbonyl (C=O) groups excluding carboxylic acids is 1. The molecule has 0 atom stereocenters. The monoisotopic (exact) mass is 268 g/mol. The molecule has 5 heteroatoms. The Hall–Kier alpha value is -2.95. The summed E-state index contributed by atoms with van der Waals surface area (Å²) in [5, 5.41) is 21.9. The van der Waals surface area contributed by atoms with E-state index in [1.807, 2.05) is 0 Å².